The van der Waals surface area contributed by atoms with Crippen molar-refractivity contribution in [1.29, 1.82) is 0 Å². The number of amides is 3. The van der Waals surface area contributed by atoms with Crippen molar-refractivity contribution in [2.24, 2.45) is 11.7 Å². The van der Waals surface area contributed by atoms with Crippen LogP contribution in [0.15, 0.2) is 97.1 Å². The first-order valence-electron chi connectivity index (χ1n) is 14.0. The first-order valence-corrected chi connectivity index (χ1v) is 14.0. The summed E-state index contributed by atoms with van der Waals surface area (Å²) in [5, 5.41) is 15.5. The molecule has 8 nitrogen and oxygen atoms in total. The Morgan fingerprint density at radius 2 is 1.45 bits per heavy atom. The summed E-state index contributed by atoms with van der Waals surface area (Å²) in [7, 11) is 0. The third kappa shape index (κ3) is 8.41. The molecule has 3 amide bonds. The van der Waals surface area contributed by atoms with Crippen LogP contribution in [0.3, 0.4) is 0 Å². The highest BCUT2D eigenvalue weighted by Gasteiger charge is 2.27. The third-order valence-corrected chi connectivity index (χ3v) is 6.88. The molecule has 8 heteroatoms. The van der Waals surface area contributed by atoms with E-state index in [0.717, 1.165) is 27.6 Å². The maximum Gasteiger partial charge on any atom is 0.337 e. The highest BCUT2D eigenvalue weighted by Crippen LogP contribution is 2.25. The summed E-state index contributed by atoms with van der Waals surface area (Å²) in [5.41, 5.74) is 9.36. The fourth-order valence-corrected chi connectivity index (χ4v) is 4.69. The molecule has 42 heavy (non-hydrogen) atoms. The average molecular weight is 568 g/mol. The van der Waals surface area contributed by atoms with Crippen LogP contribution in [0.1, 0.15) is 25.0 Å². The number of rotatable bonds is 12. The highest BCUT2D eigenvalue weighted by atomic mass is 16.5. The standard InChI is InChI=1S/C34H37N3O5/c1-23(2)20-37(21-31(38)33(40)42-22-25-8-4-3-5-9-25)34(41)36-30(32(35)39)18-24-12-14-27(15-13-24)29-17-16-26-10-6-7-11-28(26)19-29/h3-17,19,23,30-31,38H,18,20-22H2,1-2H3,(H2,35,39)(H,36,41)/t30-,31?/m0/s1. The van der Waals surface area contributed by atoms with Crippen LogP contribution in [-0.2, 0) is 27.4 Å². The summed E-state index contributed by atoms with van der Waals surface area (Å²) < 4.78 is 5.22. The van der Waals surface area contributed by atoms with Gasteiger partial charge in [0.25, 0.3) is 0 Å². The van der Waals surface area contributed by atoms with Gasteiger partial charge in [-0.15, -0.1) is 0 Å². The van der Waals surface area contributed by atoms with Gasteiger partial charge in [-0.05, 0) is 45.0 Å². The molecule has 4 aromatic rings. The normalized spacial score (nSPS) is 12.5. The molecule has 4 N–H and O–H groups in total. The van der Waals surface area contributed by atoms with E-state index in [4.69, 9.17) is 10.5 Å². The van der Waals surface area contributed by atoms with Crippen LogP contribution >= 0.6 is 0 Å². The van der Waals surface area contributed by atoms with E-state index in [1.807, 2.05) is 68.4 Å². The number of carbonyl (C=O) groups is 3. The fraction of sp³-hybridized carbons (Fsp3) is 0.265. The Kier molecular flexibility index (Phi) is 10.3. The fourth-order valence-electron chi connectivity index (χ4n) is 4.69. The summed E-state index contributed by atoms with van der Waals surface area (Å²) in [6, 6.07) is 29.7. The molecule has 218 valence electrons. The molecule has 1 unspecified atom stereocenters. The average Bonchev–Trinajstić information content (AvgIpc) is 2.99. The van der Waals surface area contributed by atoms with Crippen molar-refractivity contribution in [3.05, 3.63) is 108 Å². The second kappa shape index (κ2) is 14.3. The van der Waals surface area contributed by atoms with Gasteiger partial charge < -0.3 is 25.8 Å². The molecule has 0 saturated heterocycles. The van der Waals surface area contributed by atoms with Crippen molar-refractivity contribution < 1.29 is 24.2 Å². The molecule has 0 heterocycles. The van der Waals surface area contributed by atoms with Gasteiger partial charge in [-0.25, -0.2) is 9.59 Å². The number of nitrogens with two attached hydrogens (primary N) is 1. The van der Waals surface area contributed by atoms with Gasteiger partial charge in [0.05, 0.1) is 6.54 Å². The maximum atomic E-state index is 13.2. The molecule has 0 spiro atoms. The number of nitrogens with one attached hydrogen (secondary N) is 1. The van der Waals surface area contributed by atoms with Crippen molar-refractivity contribution in [3.63, 3.8) is 0 Å². The van der Waals surface area contributed by atoms with E-state index >= 15 is 0 Å². The van der Waals surface area contributed by atoms with Crippen LogP contribution in [0.4, 0.5) is 4.79 Å². The smallest absolute Gasteiger partial charge is 0.337 e. The molecule has 0 bridgehead atoms. The van der Waals surface area contributed by atoms with Crippen LogP contribution < -0.4 is 11.1 Å². The Hall–Kier alpha value is -4.69. The SMILES string of the molecule is CC(C)CN(CC(O)C(=O)OCc1ccccc1)C(=O)N[C@@H](Cc1ccc(-c2ccc3ccccc3c2)cc1)C(N)=O. The van der Waals surface area contributed by atoms with Gasteiger partial charge in [-0.1, -0.05) is 105 Å². The zero-order valence-corrected chi connectivity index (χ0v) is 23.9. The lowest BCUT2D eigenvalue weighted by Gasteiger charge is -2.28. The Balaban J connectivity index is 1.38. The molecular formula is C34H37N3O5. The monoisotopic (exact) mass is 567 g/mol. The minimum atomic E-state index is -1.55. The Morgan fingerprint density at radius 1 is 0.810 bits per heavy atom. The largest absolute Gasteiger partial charge is 0.459 e. The van der Waals surface area contributed by atoms with Crippen LogP contribution in [0.2, 0.25) is 0 Å². The lowest BCUT2D eigenvalue weighted by atomic mass is 9.98. The van der Waals surface area contributed by atoms with E-state index in [2.05, 4.69) is 35.6 Å². The number of aliphatic hydroxyl groups is 1. The first-order chi connectivity index (χ1) is 20.2. The molecule has 0 aromatic heterocycles. The molecule has 0 aliphatic heterocycles. The molecule has 4 rings (SSSR count). The van der Waals surface area contributed by atoms with Crippen molar-refractivity contribution in [1.82, 2.24) is 10.2 Å². The number of hydrogen-bond acceptors (Lipinski definition) is 5. The molecule has 0 aliphatic rings. The molecule has 0 aliphatic carbocycles. The van der Waals surface area contributed by atoms with Crippen molar-refractivity contribution in [3.8, 4) is 11.1 Å². The molecule has 4 aromatic carbocycles. The molecule has 0 radical (unpaired) electrons. The maximum absolute atomic E-state index is 13.2. The van der Waals surface area contributed by atoms with Gasteiger partial charge in [0.15, 0.2) is 6.10 Å². The van der Waals surface area contributed by atoms with Gasteiger partial charge in [-0.3, -0.25) is 4.79 Å². The highest BCUT2D eigenvalue weighted by molar-refractivity contribution is 5.88. The summed E-state index contributed by atoms with van der Waals surface area (Å²) >= 11 is 0. The number of primary amides is 1. The molecular weight excluding hydrogens is 530 g/mol. The number of fused-ring (bicyclic) bond motifs is 1. The van der Waals surface area contributed by atoms with Crippen LogP contribution in [0.25, 0.3) is 21.9 Å². The second-order valence-corrected chi connectivity index (χ2v) is 10.8. The van der Waals surface area contributed by atoms with Gasteiger partial charge in [-0.2, -0.15) is 0 Å². The van der Waals surface area contributed by atoms with E-state index in [1.165, 1.54) is 10.3 Å². The van der Waals surface area contributed by atoms with Crippen molar-refractivity contribution in [2.75, 3.05) is 13.1 Å². The summed E-state index contributed by atoms with van der Waals surface area (Å²) in [4.78, 5) is 39.2. The third-order valence-electron chi connectivity index (χ3n) is 6.88. The number of nitrogens with zero attached hydrogens (tertiary/aromatic N) is 1. The van der Waals surface area contributed by atoms with Gasteiger partial charge in [0.1, 0.15) is 12.6 Å². The quantitative estimate of drug-likeness (QED) is 0.215. The topological polar surface area (TPSA) is 122 Å². The van der Waals surface area contributed by atoms with Crippen molar-refractivity contribution >= 4 is 28.7 Å². The van der Waals surface area contributed by atoms with E-state index in [0.29, 0.717) is 0 Å². The molecule has 0 fully saturated rings. The minimum Gasteiger partial charge on any atom is -0.459 e. The predicted molar refractivity (Wildman–Crippen MR) is 163 cm³/mol. The van der Waals surface area contributed by atoms with Crippen LogP contribution in [0, 0.1) is 5.92 Å². The predicted octanol–water partition coefficient (Wildman–Crippen LogP) is 4.68. The van der Waals surface area contributed by atoms with Crippen LogP contribution in [0.5, 0.6) is 0 Å². The lowest BCUT2D eigenvalue weighted by molar-refractivity contribution is -0.155. The van der Waals surface area contributed by atoms with E-state index < -0.39 is 30.1 Å². The first kappa shape index (κ1) is 30.3. The number of benzene rings is 4. The minimum absolute atomic E-state index is 0.0104. The molecule has 0 saturated carbocycles. The Morgan fingerprint density at radius 3 is 2.12 bits per heavy atom. The number of hydrogen-bond donors (Lipinski definition) is 3. The number of urea groups is 1. The second-order valence-electron chi connectivity index (χ2n) is 10.8. The summed E-state index contributed by atoms with van der Waals surface area (Å²) in [5.74, 6) is -1.48. The Labute approximate surface area is 246 Å². The zero-order chi connectivity index (χ0) is 30.1. The van der Waals surface area contributed by atoms with Gasteiger partial charge in [0.2, 0.25) is 5.91 Å². The zero-order valence-electron chi connectivity index (χ0n) is 23.9. The Bertz CT molecular complexity index is 1500. The summed E-state index contributed by atoms with van der Waals surface area (Å²) in [6.45, 7) is 3.78. The lowest BCUT2D eigenvalue weighted by Crippen LogP contribution is -2.53. The number of ether oxygens (including phenoxy) is 1. The van der Waals surface area contributed by atoms with E-state index in [1.54, 1.807) is 12.1 Å². The number of aliphatic hydroxyl groups excluding tert-OH is 1. The van der Waals surface area contributed by atoms with Gasteiger partial charge in [0, 0.05) is 13.0 Å². The number of esters is 1. The van der Waals surface area contributed by atoms with E-state index in [-0.39, 0.29) is 32.0 Å². The number of carbonyl (C=O) groups excluding carboxylic acids is 3. The molecule has 2 atom stereocenters. The summed E-state index contributed by atoms with van der Waals surface area (Å²) in [6.07, 6.45) is -1.36. The van der Waals surface area contributed by atoms with Crippen molar-refractivity contribution in [2.45, 2.75) is 39.0 Å². The van der Waals surface area contributed by atoms with E-state index in [9.17, 15) is 19.5 Å². The van der Waals surface area contributed by atoms with Gasteiger partial charge >= 0.3 is 12.0 Å². The van der Waals surface area contributed by atoms with Crippen LogP contribution in [-0.4, -0.2) is 53.1 Å².